The smallest absolute Gasteiger partial charge is 0.326 e. The number of carbonyl (C=O) groups excluding carboxylic acids is 2. The molecule has 0 spiro atoms. The number of aliphatic carboxylic acids is 1. The zero-order chi connectivity index (χ0) is 15.7. The van der Waals surface area contributed by atoms with E-state index in [1.807, 2.05) is 0 Å². The quantitative estimate of drug-likeness (QED) is 0.440. The summed E-state index contributed by atoms with van der Waals surface area (Å²) in [6, 6.07) is -1.81. The number of nitrogens with one attached hydrogen (secondary N) is 2. The Balaban J connectivity index is 4.10. The molecule has 0 aromatic heterocycles. The maximum Gasteiger partial charge on any atom is 0.326 e. The number of hydrogen-bond acceptors (Lipinski definition) is 4. The Bertz CT molecular complexity index is 388. The molecule has 0 aliphatic rings. The molecule has 0 fully saturated rings. The first-order valence-corrected chi connectivity index (χ1v) is 7.73. The Morgan fingerprint density at radius 3 is 2.35 bits per heavy atom. The zero-order valence-corrected chi connectivity index (χ0v) is 12.4. The average Bonchev–Trinajstić information content (AvgIpc) is 2.33. The van der Waals surface area contributed by atoms with Crippen LogP contribution in [0.5, 0.6) is 0 Å². The van der Waals surface area contributed by atoms with E-state index in [0.717, 1.165) is 0 Å². The molecule has 0 heterocycles. The van der Waals surface area contributed by atoms with E-state index in [1.165, 1.54) is 0 Å². The van der Waals surface area contributed by atoms with Crippen LogP contribution in [0.15, 0.2) is 0 Å². The van der Waals surface area contributed by atoms with Gasteiger partial charge in [-0.1, -0.05) is 6.92 Å². The van der Waals surface area contributed by atoms with E-state index in [1.54, 1.807) is 13.2 Å². The highest BCUT2D eigenvalue weighted by Crippen LogP contribution is 1.99. The second-order valence-electron chi connectivity index (χ2n) is 4.39. The van der Waals surface area contributed by atoms with Crippen molar-refractivity contribution in [1.29, 1.82) is 0 Å². The Labute approximate surface area is 119 Å². The second kappa shape index (κ2) is 9.29. The first kappa shape index (κ1) is 18.4. The first-order valence-electron chi connectivity index (χ1n) is 6.11. The molecule has 0 bridgehead atoms. The number of hydrogen-bond donors (Lipinski definition) is 4. The number of amides is 3. The molecule has 0 aliphatic heterocycles. The van der Waals surface area contributed by atoms with Gasteiger partial charge in [0, 0.05) is 35.3 Å². The first-order chi connectivity index (χ1) is 9.23. The molecule has 0 saturated carbocycles. The standard InChI is InChI=1S/C11H21N3O5S/c1-7(20(2)19)5-6-13-11(18)14-8(10(16)17)3-4-9(12)15/h7-8H,3-6H2,1-2H3,(H2,12,15)(H,16,17)(H2,13,14,18)/t7?,8-,20?/m0/s1. The van der Waals surface area contributed by atoms with Crippen LogP contribution in [0.25, 0.3) is 0 Å². The van der Waals surface area contributed by atoms with Gasteiger partial charge in [-0.25, -0.2) is 9.59 Å². The lowest BCUT2D eigenvalue weighted by atomic mass is 10.1. The lowest BCUT2D eigenvalue weighted by Gasteiger charge is -2.15. The summed E-state index contributed by atoms with van der Waals surface area (Å²) in [6.07, 6.45) is 1.92. The summed E-state index contributed by atoms with van der Waals surface area (Å²) in [5, 5.41) is 13.6. The van der Waals surface area contributed by atoms with Gasteiger partial charge in [-0.15, -0.1) is 0 Å². The molecule has 5 N–H and O–H groups in total. The number of urea groups is 1. The van der Waals surface area contributed by atoms with Crippen molar-refractivity contribution in [3.05, 3.63) is 0 Å². The highest BCUT2D eigenvalue weighted by molar-refractivity contribution is 7.84. The number of carboxylic acid groups (broad SMARTS) is 1. The largest absolute Gasteiger partial charge is 0.480 e. The van der Waals surface area contributed by atoms with Gasteiger partial charge in [0.2, 0.25) is 5.91 Å². The molecule has 0 rings (SSSR count). The van der Waals surface area contributed by atoms with E-state index >= 15 is 0 Å². The lowest BCUT2D eigenvalue weighted by Crippen LogP contribution is -2.46. The van der Waals surface area contributed by atoms with Crippen LogP contribution in [0, 0.1) is 0 Å². The highest BCUT2D eigenvalue weighted by atomic mass is 32.2. The van der Waals surface area contributed by atoms with Crippen molar-refractivity contribution < 1.29 is 23.7 Å². The fourth-order valence-electron chi connectivity index (χ4n) is 1.31. The molecule has 3 atom stereocenters. The number of rotatable bonds is 9. The van der Waals surface area contributed by atoms with Crippen molar-refractivity contribution in [2.45, 2.75) is 37.5 Å². The summed E-state index contributed by atoms with van der Waals surface area (Å²) >= 11 is 0. The molecule has 20 heavy (non-hydrogen) atoms. The van der Waals surface area contributed by atoms with Gasteiger partial charge in [-0.3, -0.25) is 9.00 Å². The van der Waals surface area contributed by atoms with Gasteiger partial charge in [0.05, 0.1) is 0 Å². The Hall–Kier alpha value is -1.64. The topological polar surface area (TPSA) is 139 Å². The maximum absolute atomic E-state index is 11.5. The molecule has 2 unspecified atom stereocenters. The van der Waals surface area contributed by atoms with Crippen molar-refractivity contribution in [2.75, 3.05) is 12.8 Å². The number of carboxylic acids is 1. The van der Waals surface area contributed by atoms with E-state index in [-0.39, 0.29) is 24.6 Å². The van der Waals surface area contributed by atoms with Crippen molar-refractivity contribution in [3.8, 4) is 0 Å². The lowest BCUT2D eigenvalue weighted by molar-refractivity contribution is -0.139. The summed E-state index contributed by atoms with van der Waals surface area (Å²) in [6.45, 7) is 2.08. The molecular formula is C11H21N3O5S. The fourth-order valence-corrected chi connectivity index (χ4v) is 1.76. The summed E-state index contributed by atoms with van der Waals surface area (Å²) in [7, 11) is -0.969. The summed E-state index contributed by atoms with van der Waals surface area (Å²) in [5.41, 5.74) is 4.92. The Kier molecular flexibility index (Phi) is 8.53. The van der Waals surface area contributed by atoms with Crippen LogP contribution < -0.4 is 16.4 Å². The number of carbonyl (C=O) groups is 3. The Morgan fingerprint density at radius 2 is 1.90 bits per heavy atom. The van der Waals surface area contributed by atoms with E-state index in [9.17, 15) is 18.6 Å². The monoisotopic (exact) mass is 307 g/mol. The van der Waals surface area contributed by atoms with Crippen molar-refractivity contribution in [1.82, 2.24) is 10.6 Å². The average molecular weight is 307 g/mol. The molecule has 3 amide bonds. The molecule has 0 radical (unpaired) electrons. The van der Waals surface area contributed by atoms with Gasteiger partial charge in [0.25, 0.3) is 0 Å². The summed E-state index contributed by atoms with van der Waals surface area (Å²) < 4.78 is 11.1. The minimum absolute atomic E-state index is 0.0552. The minimum Gasteiger partial charge on any atom is -0.480 e. The fraction of sp³-hybridized carbons (Fsp3) is 0.727. The maximum atomic E-state index is 11.5. The van der Waals surface area contributed by atoms with Crippen molar-refractivity contribution in [2.24, 2.45) is 5.73 Å². The van der Waals surface area contributed by atoms with E-state index in [2.05, 4.69) is 10.6 Å². The third-order valence-electron chi connectivity index (χ3n) is 2.69. The highest BCUT2D eigenvalue weighted by Gasteiger charge is 2.20. The van der Waals surface area contributed by atoms with Crippen molar-refractivity contribution in [3.63, 3.8) is 0 Å². The Morgan fingerprint density at radius 1 is 1.30 bits per heavy atom. The van der Waals surface area contributed by atoms with Crippen molar-refractivity contribution >= 4 is 28.7 Å². The predicted octanol–water partition coefficient (Wildman–Crippen LogP) is -0.839. The van der Waals surface area contributed by atoms with Gasteiger partial charge in [0.15, 0.2) is 0 Å². The summed E-state index contributed by atoms with van der Waals surface area (Å²) in [4.78, 5) is 33.0. The zero-order valence-electron chi connectivity index (χ0n) is 11.5. The predicted molar refractivity (Wildman–Crippen MR) is 74.5 cm³/mol. The summed E-state index contributed by atoms with van der Waals surface area (Å²) in [5.74, 6) is -1.86. The third kappa shape index (κ3) is 8.46. The third-order valence-corrected chi connectivity index (χ3v) is 4.05. The molecule has 9 heteroatoms. The second-order valence-corrected chi connectivity index (χ2v) is 6.20. The molecule has 8 nitrogen and oxygen atoms in total. The van der Waals surface area contributed by atoms with Crippen LogP contribution in [-0.2, 0) is 20.4 Å². The van der Waals surface area contributed by atoms with Crippen LogP contribution >= 0.6 is 0 Å². The van der Waals surface area contributed by atoms with Crippen LogP contribution in [0.4, 0.5) is 4.79 Å². The normalized spacial score (nSPS) is 14.9. The van der Waals surface area contributed by atoms with Gasteiger partial charge >= 0.3 is 12.0 Å². The van der Waals surface area contributed by atoms with Crippen LogP contribution in [0.1, 0.15) is 26.2 Å². The molecule has 116 valence electrons. The van der Waals surface area contributed by atoms with E-state index < -0.39 is 34.7 Å². The number of primary amides is 1. The molecule has 0 aromatic carbocycles. The van der Waals surface area contributed by atoms with E-state index in [4.69, 9.17) is 10.8 Å². The number of nitrogens with two attached hydrogens (primary N) is 1. The van der Waals surface area contributed by atoms with E-state index in [0.29, 0.717) is 6.42 Å². The molecule has 0 aromatic rings. The molecule has 0 aliphatic carbocycles. The van der Waals surface area contributed by atoms with Gasteiger partial charge in [0.1, 0.15) is 6.04 Å². The van der Waals surface area contributed by atoms with Gasteiger partial charge in [-0.2, -0.15) is 0 Å². The molecular weight excluding hydrogens is 286 g/mol. The van der Waals surface area contributed by atoms with Gasteiger partial charge in [-0.05, 0) is 12.8 Å². The van der Waals surface area contributed by atoms with Gasteiger partial charge < -0.3 is 21.5 Å². The SMILES string of the molecule is CC(CCNC(=O)N[C@@H](CCC(N)=O)C(=O)O)S(C)=O. The van der Waals surface area contributed by atoms with Crippen LogP contribution in [0.2, 0.25) is 0 Å². The van der Waals surface area contributed by atoms with Crippen LogP contribution in [-0.4, -0.2) is 51.3 Å². The van der Waals surface area contributed by atoms with Crippen LogP contribution in [0.3, 0.4) is 0 Å². The molecule has 0 saturated heterocycles. The minimum atomic E-state index is -1.23.